The number of fused-ring (bicyclic) bond motifs is 1. The minimum Gasteiger partial charge on any atom is -0.413 e. The lowest BCUT2D eigenvalue weighted by atomic mass is 10.2. The summed E-state index contributed by atoms with van der Waals surface area (Å²) in [5, 5.41) is 4.76. The second-order valence-corrected chi connectivity index (χ2v) is 4.88. The zero-order valence-electron chi connectivity index (χ0n) is 11.5. The van der Waals surface area contributed by atoms with Crippen LogP contribution in [0.25, 0.3) is 10.9 Å². The molecular weight excluding hydrogens is 274 g/mol. The van der Waals surface area contributed by atoms with E-state index in [-0.39, 0.29) is 5.88 Å². The maximum absolute atomic E-state index is 13.1. The summed E-state index contributed by atoms with van der Waals surface area (Å²) in [6.07, 6.45) is -3.26. The van der Waals surface area contributed by atoms with E-state index >= 15 is 0 Å². The van der Waals surface area contributed by atoms with Crippen LogP contribution in [0.3, 0.4) is 0 Å². The highest BCUT2D eigenvalue weighted by molar-refractivity contribution is 5.84. The van der Waals surface area contributed by atoms with Gasteiger partial charge in [-0.25, -0.2) is 0 Å². The van der Waals surface area contributed by atoms with Crippen molar-refractivity contribution in [1.29, 1.82) is 0 Å². The Morgan fingerprint density at radius 2 is 1.71 bits per heavy atom. The van der Waals surface area contributed by atoms with Crippen LogP contribution in [0.15, 0.2) is 54.6 Å². The maximum Gasteiger partial charge on any atom is 0.396 e. The third-order valence-corrected chi connectivity index (χ3v) is 3.08. The molecule has 1 aromatic heterocycles. The van der Waals surface area contributed by atoms with Crippen molar-refractivity contribution in [2.75, 3.05) is 0 Å². The fraction of sp³-hybridized carbons (Fsp3) is 0.188. The van der Waals surface area contributed by atoms with E-state index < -0.39 is 6.11 Å². The summed E-state index contributed by atoms with van der Waals surface area (Å²) in [4.78, 5) is 0. The first-order valence-corrected chi connectivity index (χ1v) is 6.59. The van der Waals surface area contributed by atoms with Crippen LogP contribution in [0.4, 0.5) is 8.78 Å². The van der Waals surface area contributed by atoms with Crippen LogP contribution in [-0.2, 0) is 6.54 Å². The molecule has 0 aliphatic heterocycles. The highest BCUT2D eigenvalue weighted by atomic mass is 19.3. The van der Waals surface area contributed by atoms with Crippen molar-refractivity contribution in [1.82, 2.24) is 9.78 Å². The Kier molecular flexibility index (Phi) is 3.33. The predicted molar refractivity (Wildman–Crippen MR) is 76.5 cm³/mol. The molecule has 0 N–H and O–H groups in total. The summed E-state index contributed by atoms with van der Waals surface area (Å²) in [7, 11) is 0. The lowest BCUT2D eigenvalue weighted by Crippen LogP contribution is -2.19. The van der Waals surface area contributed by atoms with Gasteiger partial charge in [0.25, 0.3) is 0 Å². The smallest absolute Gasteiger partial charge is 0.396 e. The third kappa shape index (κ3) is 3.02. The molecule has 5 heteroatoms. The number of halogens is 2. The van der Waals surface area contributed by atoms with E-state index in [1.165, 1.54) is 0 Å². The Morgan fingerprint density at radius 1 is 1.05 bits per heavy atom. The van der Waals surface area contributed by atoms with E-state index in [9.17, 15) is 8.78 Å². The molecular formula is C16H14F2N2O. The number of alkyl halides is 2. The molecule has 2 aromatic carbocycles. The molecule has 0 saturated heterocycles. The molecule has 0 saturated carbocycles. The first-order chi connectivity index (χ1) is 10.0. The van der Waals surface area contributed by atoms with Crippen LogP contribution >= 0.6 is 0 Å². The molecule has 0 radical (unpaired) electrons. The van der Waals surface area contributed by atoms with Crippen LogP contribution in [0.2, 0.25) is 0 Å². The summed E-state index contributed by atoms with van der Waals surface area (Å²) < 4.78 is 32.5. The number of benzene rings is 2. The molecule has 21 heavy (non-hydrogen) atoms. The average molecular weight is 288 g/mol. The molecule has 0 spiro atoms. The Hall–Kier alpha value is -2.43. The van der Waals surface area contributed by atoms with Crippen LogP contribution in [0.5, 0.6) is 5.88 Å². The molecule has 0 unspecified atom stereocenters. The van der Waals surface area contributed by atoms with Gasteiger partial charge in [-0.3, -0.25) is 4.68 Å². The van der Waals surface area contributed by atoms with Crippen molar-refractivity contribution in [3.05, 3.63) is 60.2 Å². The van der Waals surface area contributed by atoms with Gasteiger partial charge in [-0.05, 0) is 17.7 Å². The number of hydrogen-bond acceptors (Lipinski definition) is 2. The molecule has 0 aliphatic rings. The number of nitrogens with zero attached hydrogens (tertiary/aromatic N) is 2. The fourth-order valence-electron chi connectivity index (χ4n) is 2.22. The molecule has 0 fully saturated rings. The van der Waals surface area contributed by atoms with Crippen molar-refractivity contribution >= 4 is 10.9 Å². The Bertz CT molecular complexity index is 748. The summed E-state index contributed by atoms with van der Waals surface area (Å²) in [5.41, 5.74) is 1.81. The average Bonchev–Trinajstić information content (AvgIpc) is 2.77. The van der Waals surface area contributed by atoms with Gasteiger partial charge in [-0.15, -0.1) is 5.10 Å². The summed E-state index contributed by atoms with van der Waals surface area (Å²) in [5.74, 6) is -0.0472. The lowest BCUT2D eigenvalue weighted by Gasteiger charge is -2.10. The SMILES string of the molecule is CC(F)(F)Oc1nn(Cc2ccccc2)c2ccccc12. The van der Waals surface area contributed by atoms with Crippen molar-refractivity contribution in [2.24, 2.45) is 0 Å². The van der Waals surface area contributed by atoms with E-state index in [0.717, 1.165) is 11.1 Å². The molecule has 0 amide bonds. The number of aromatic nitrogens is 2. The molecule has 0 aliphatic carbocycles. The number of ether oxygens (including phenoxy) is 1. The van der Waals surface area contributed by atoms with Crippen molar-refractivity contribution in [3.8, 4) is 5.88 Å². The van der Waals surface area contributed by atoms with Gasteiger partial charge < -0.3 is 4.74 Å². The monoisotopic (exact) mass is 288 g/mol. The quantitative estimate of drug-likeness (QED) is 0.723. The van der Waals surface area contributed by atoms with E-state index in [2.05, 4.69) is 9.84 Å². The first kappa shape index (κ1) is 13.5. The van der Waals surface area contributed by atoms with Gasteiger partial charge in [-0.1, -0.05) is 42.5 Å². The van der Waals surface area contributed by atoms with Gasteiger partial charge in [0.2, 0.25) is 5.88 Å². The highest BCUT2D eigenvalue weighted by Crippen LogP contribution is 2.29. The largest absolute Gasteiger partial charge is 0.413 e. The molecule has 3 nitrogen and oxygen atoms in total. The van der Waals surface area contributed by atoms with Crippen molar-refractivity contribution in [3.63, 3.8) is 0 Å². The fourth-order valence-corrected chi connectivity index (χ4v) is 2.22. The molecule has 0 atom stereocenters. The predicted octanol–water partition coefficient (Wildman–Crippen LogP) is 4.08. The van der Waals surface area contributed by atoms with E-state index in [1.807, 2.05) is 42.5 Å². The standard InChI is InChI=1S/C16H14F2N2O/c1-16(17,18)21-15-13-9-5-6-10-14(13)20(19-15)11-12-7-3-2-4-8-12/h2-10H,11H2,1H3. The number of para-hydroxylation sites is 1. The second-order valence-electron chi connectivity index (χ2n) is 4.88. The molecule has 3 rings (SSSR count). The van der Waals surface area contributed by atoms with Gasteiger partial charge in [0.1, 0.15) is 0 Å². The van der Waals surface area contributed by atoms with E-state index in [0.29, 0.717) is 18.9 Å². The van der Waals surface area contributed by atoms with Crippen LogP contribution in [-0.4, -0.2) is 15.9 Å². The minimum absolute atomic E-state index is 0.0472. The summed E-state index contributed by atoms with van der Waals surface area (Å²) >= 11 is 0. The first-order valence-electron chi connectivity index (χ1n) is 6.59. The third-order valence-electron chi connectivity index (χ3n) is 3.08. The Morgan fingerprint density at radius 3 is 2.43 bits per heavy atom. The molecule has 0 bridgehead atoms. The van der Waals surface area contributed by atoms with Crippen LogP contribution < -0.4 is 4.74 Å². The van der Waals surface area contributed by atoms with Crippen molar-refractivity contribution < 1.29 is 13.5 Å². The van der Waals surface area contributed by atoms with Gasteiger partial charge >= 0.3 is 6.11 Å². The van der Waals surface area contributed by atoms with E-state index in [4.69, 9.17) is 0 Å². The summed E-state index contributed by atoms with van der Waals surface area (Å²) in [6.45, 7) is 1.21. The van der Waals surface area contributed by atoms with E-state index in [1.54, 1.807) is 16.8 Å². The highest BCUT2D eigenvalue weighted by Gasteiger charge is 2.26. The summed E-state index contributed by atoms with van der Waals surface area (Å²) in [6, 6.07) is 16.9. The normalized spacial score (nSPS) is 11.8. The van der Waals surface area contributed by atoms with Gasteiger partial charge in [0.15, 0.2) is 0 Å². The second kappa shape index (κ2) is 5.16. The van der Waals surface area contributed by atoms with Crippen LogP contribution in [0, 0.1) is 0 Å². The maximum atomic E-state index is 13.1. The Balaban J connectivity index is 2.03. The zero-order valence-corrected chi connectivity index (χ0v) is 11.5. The number of rotatable bonds is 4. The molecule has 1 heterocycles. The van der Waals surface area contributed by atoms with Gasteiger partial charge in [0.05, 0.1) is 17.4 Å². The van der Waals surface area contributed by atoms with Gasteiger partial charge in [0, 0.05) is 6.92 Å². The number of hydrogen-bond donors (Lipinski definition) is 0. The molecule has 108 valence electrons. The topological polar surface area (TPSA) is 27.1 Å². The minimum atomic E-state index is -3.26. The van der Waals surface area contributed by atoms with Crippen LogP contribution in [0.1, 0.15) is 12.5 Å². The van der Waals surface area contributed by atoms with Crippen molar-refractivity contribution in [2.45, 2.75) is 19.6 Å². The zero-order chi connectivity index (χ0) is 14.9. The Labute approximate surface area is 120 Å². The molecule has 3 aromatic rings. The lowest BCUT2D eigenvalue weighted by molar-refractivity contribution is -0.160. The van der Waals surface area contributed by atoms with Gasteiger partial charge in [-0.2, -0.15) is 8.78 Å².